The molecule has 0 spiro atoms. The van der Waals surface area contributed by atoms with Crippen molar-refractivity contribution in [2.24, 2.45) is 0 Å². The summed E-state index contributed by atoms with van der Waals surface area (Å²) in [6, 6.07) is 13.4. The first kappa shape index (κ1) is 20.8. The van der Waals surface area contributed by atoms with E-state index in [4.69, 9.17) is 9.47 Å². The van der Waals surface area contributed by atoms with Gasteiger partial charge in [-0.3, -0.25) is 9.52 Å². The lowest BCUT2D eigenvalue weighted by Crippen LogP contribution is -2.32. The Morgan fingerprint density at radius 3 is 2.47 bits per heavy atom. The van der Waals surface area contributed by atoms with Crippen LogP contribution in [0.4, 0.5) is 5.69 Å². The van der Waals surface area contributed by atoms with Crippen LogP contribution in [0.1, 0.15) is 28.8 Å². The van der Waals surface area contributed by atoms with E-state index in [1.165, 1.54) is 12.1 Å². The highest BCUT2D eigenvalue weighted by molar-refractivity contribution is 7.92. The number of nitrogens with zero attached hydrogens (tertiary/aromatic N) is 1. The maximum absolute atomic E-state index is 13.1. The number of benzene rings is 2. The summed E-state index contributed by atoms with van der Waals surface area (Å²) in [4.78, 5) is 15.1. The van der Waals surface area contributed by atoms with Gasteiger partial charge in [0.25, 0.3) is 15.9 Å². The molecule has 1 aromatic heterocycles. The number of amides is 1. The first-order valence-corrected chi connectivity index (χ1v) is 12.8. The molecule has 7 nitrogen and oxygen atoms in total. The van der Waals surface area contributed by atoms with Gasteiger partial charge in [0, 0.05) is 29.9 Å². The number of sulfonamides is 1. The Labute approximate surface area is 190 Å². The number of carbonyl (C=O) groups is 1. The van der Waals surface area contributed by atoms with E-state index in [-0.39, 0.29) is 16.8 Å². The topological polar surface area (TPSA) is 84.9 Å². The van der Waals surface area contributed by atoms with Gasteiger partial charge in [0.05, 0.1) is 4.90 Å². The van der Waals surface area contributed by atoms with Crippen LogP contribution in [0.2, 0.25) is 0 Å². The molecular weight excluding hydrogens is 448 g/mol. The summed E-state index contributed by atoms with van der Waals surface area (Å²) in [5.41, 5.74) is 2.04. The number of rotatable bonds is 7. The van der Waals surface area contributed by atoms with E-state index in [1.807, 2.05) is 16.3 Å². The molecule has 0 atom stereocenters. The van der Waals surface area contributed by atoms with E-state index < -0.39 is 10.0 Å². The standard InChI is InChI=1S/C23H22N2O5S2/c26-23(25(19-5-6-19)14-16-9-12-31-15-16)17-1-3-18(4-2-17)24-32(27,28)20-7-8-21-22(13-20)30-11-10-29-21/h1-4,7-9,12-13,15,19,24H,5-6,10-11,14H2. The minimum Gasteiger partial charge on any atom is -0.486 e. The second kappa shape index (κ2) is 8.48. The molecule has 1 amide bonds. The first-order chi connectivity index (χ1) is 15.5. The van der Waals surface area contributed by atoms with Gasteiger partial charge < -0.3 is 14.4 Å². The lowest BCUT2D eigenvalue weighted by Gasteiger charge is -2.22. The fraction of sp³-hybridized carbons (Fsp3) is 0.261. The van der Waals surface area contributed by atoms with Crippen molar-refractivity contribution in [3.05, 3.63) is 70.4 Å². The van der Waals surface area contributed by atoms with Crippen LogP contribution in [0.25, 0.3) is 0 Å². The largest absolute Gasteiger partial charge is 0.486 e. The number of thiophene rings is 1. The van der Waals surface area contributed by atoms with Crippen molar-refractivity contribution < 1.29 is 22.7 Å². The molecule has 1 aliphatic carbocycles. The van der Waals surface area contributed by atoms with Crippen LogP contribution in [0, 0.1) is 0 Å². The van der Waals surface area contributed by atoms with Crippen LogP contribution in [0.5, 0.6) is 11.5 Å². The van der Waals surface area contributed by atoms with Gasteiger partial charge in [-0.15, -0.1) is 0 Å². The summed E-state index contributed by atoms with van der Waals surface area (Å²) < 4.78 is 39.1. The van der Waals surface area contributed by atoms with Gasteiger partial charge in [0.2, 0.25) is 0 Å². The molecule has 1 fully saturated rings. The summed E-state index contributed by atoms with van der Waals surface area (Å²) in [5, 5.41) is 4.06. The quantitative estimate of drug-likeness (QED) is 0.561. The lowest BCUT2D eigenvalue weighted by atomic mass is 10.1. The number of carbonyl (C=O) groups excluding carboxylic acids is 1. The van der Waals surface area contributed by atoms with Crippen LogP contribution in [0.15, 0.2) is 64.2 Å². The third kappa shape index (κ3) is 4.44. The zero-order chi connectivity index (χ0) is 22.1. The number of hydrogen-bond acceptors (Lipinski definition) is 6. The highest BCUT2D eigenvalue weighted by atomic mass is 32.2. The molecule has 2 aromatic carbocycles. The van der Waals surface area contributed by atoms with Crippen molar-refractivity contribution in [1.82, 2.24) is 4.90 Å². The minimum absolute atomic E-state index is 0.0417. The average Bonchev–Trinajstić information content (AvgIpc) is 3.52. The Kier molecular flexibility index (Phi) is 5.52. The molecule has 2 aliphatic rings. The van der Waals surface area contributed by atoms with Crippen molar-refractivity contribution in [2.75, 3.05) is 17.9 Å². The third-order valence-electron chi connectivity index (χ3n) is 5.39. The average molecular weight is 471 g/mol. The number of anilines is 1. The molecular formula is C23H22N2O5S2. The van der Waals surface area contributed by atoms with Gasteiger partial charge in [0.15, 0.2) is 11.5 Å². The van der Waals surface area contributed by atoms with Gasteiger partial charge in [0.1, 0.15) is 13.2 Å². The fourth-order valence-electron chi connectivity index (χ4n) is 3.58. The predicted octanol–water partition coefficient (Wildman–Crippen LogP) is 4.12. The van der Waals surface area contributed by atoms with Crippen molar-refractivity contribution >= 4 is 33.0 Å². The Morgan fingerprint density at radius 1 is 1.03 bits per heavy atom. The van der Waals surface area contributed by atoms with Gasteiger partial charge in [-0.2, -0.15) is 11.3 Å². The van der Waals surface area contributed by atoms with E-state index in [0.29, 0.717) is 42.5 Å². The van der Waals surface area contributed by atoms with E-state index in [9.17, 15) is 13.2 Å². The second-order valence-corrected chi connectivity index (χ2v) is 10.2. The van der Waals surface area contributed by atoms with Crippen LogP contribution in [-0.2, 0) is 16.6 Å². The number of ether oxygens (including phenoxy) is 2. The molecule has 1 N–H and O–H groups in total. The Morgan fingerprint density at radius 2 is 1.78 bits per heavy atom. The molecule has 0 saturated heterocycles. The van der Waals surface area contributed by atoms with Gasteiger partial charge >= 0.3 is 0 Å². The number of hydrogen-bond donors (Lipinski definition) is 1. The third-order valence-corrected chi connectivity index (χ3v) is 7.50. The Balaban J connectivity index is 1.30. The van der Waals surface area contributed by atoms with Crippen LogP contribution in [-0.4, -0.2) is 38.5 Å². The first-order valence-electron chi connectivity index (χ1n) is 10.3. The van der Waals surface area contributed by atoms with Gasteiger partial charge in [-0.05, 0) is 71.6 Å². The molecule has 1 saturated carbocycles. The second-order valence-electron chi connectivity index (χ2n) is 7.78. The van der Waals surface area contributed by atoms with Crippen molar-refractivity contribution in [3.8, 4) is 11.5 Å². The van der Waals surface area contributed by atoms with E-state index >= 15 is 0 Å². The molecule has 2 heterocycles. The molecule has 0 bridgehead atoms. The zero-order valence-electron chi connectivity index (χ0n) is 17.2. The highest BCUT2D eigenvalue weighted by Gasteiger charge is 2.33. The molecule has 3 aromatic rings. The molecule has 1 aliphatic heterocycles. The summed E-state index contributed by atoms with van der Waals surface area (Å²) in [6.07, 6.45) is 2.03. The van der Waals surface area contributed by atoms with Crippen LogP contribution in [0.3, 0.4) is 0 Å². The number of fused-ring (bicyclic) bond motifs is 1. The summed E-state index contributed by atoms with van der Waals surface area (Å²) in [7, 11) is -3.81. The number of nitrogens with one attached hydrogen (secondary N) is 1. The van der Waals surface area contributed by atoms with Crippen LogP contribution >= 0.6 is 11.3 Å². The van der Waals surface area contributed by atoms with Gasteiger partial charge in [-0.25, -0.2) is 8.42 Å². The van der Waals surface area contributed by atoms with Crippen LogP contribution < -0.4 is 14.2 Å². The van der Waals surface area contributed by atoms with E-state index in [2.05, 4.69) is 10.1 Å². The lowest BCUT2D eigenvalue weighted by molar-refractivity contribution is 0.0730. The predicted molar refractivity (Wildman–Crippen MR) is 122 cm³/mol. The molecule has 5 rings (SSSR count). The zero-order valence-corrected chi connectivity index (χ0v) is 18.8. The fourth-order valence-corrected chi connectivity index (χ4v) is 5.32. The monoisotopic (exact) mass is 470 g/mol. The smallest absolute Gasteiger partial charge is 0.262 e. The maximum atomic E-state index is 13.1. The molecule has 9 heteroatoms. The Bertz CT molecular complexity index is 1220. The normalized spacial score (nSPS) is 15.2. The highest BCUT2D eigenvalue weighted by Crippen LogP contribution is 2.33. The molecule has 32 heavy (non-hydrogen) atoms. The summed E-state index contributed by atoms with van der Waals surface area (Å²) in [6.45, 7) is 1.41. The van der Waals surface area contributed by atoms with Gasteiger partial charge in [-0.1, -0.05) is 0 Å². The van der Waals surface area contributed by atoms with Crippen molar-refractivity contribution in [3.63, 3.8) is 0 Å². The van der Waals surface area contributed by atoms with Crippen molar-refractivity contribution in [2.45, 2.75) is 30.3 Å². The molecule has 166 valence electrons. The summed E-state index contributed by atoms with van der Waals surface area (Å²) in [5.74, 6) is 0.895. The van der Waals surface area contributed by atoms with E-state index in [1.54, 1.807) is 41.7 Å². The molecule has 0 radical (unpaired) electrons. The molecule has 0 unspecified atom stereocenters. The Hall–Kier alpha value is -3.04. The SMILES string of the molecule is O=C(c1ccc(NS(=O)(=O)c2ccc3c(c2)OCCO3)cc1)N(Cc1ccsc1)C1CC1. The summed E-state index contributed by atoms with van der Waals surface area (Å²) >= 11 is 1.62. The van der Waals surface area contributed by atoms with E-state index in [0.717, 1.165) is 18.4 Å². The maximum Gasteiger partial charge on any atom is 0.262 e. The minimum atomic E-state index is -3.81. The van der Waals surface area contributed by atoms with Crippen molar-refractivity contribution in [1.29, 1.82) is 0 Å².